The van der Waals surface area contributed by atoms with E-state index in [1.54, 1.807) is 23.2 Å². The summed E-state index contributed by atoms with van der Waals surface area (Å²) in [7, 11) is 0. The number of nitrogens with zero attached hydrogens (tertiary/aromatic N) is 4. The molecule has 7 heteroatoms. The van der Waals surface area contributed by atoms with Crippen LogP contribution in [0.1, 0.15) is 58.4 Å². The van der Waals surface area contributed by atoms with Gasteiger partial charge in [-0.2, -0.15) is 0 Å². The molecule has 29 heavy (non-hydrogen) atoms. The van der Waals surface area contributed by atoms with Crippen LogP contribution in [0.3, 0.4) is 0 Å². The standard InChI is InChI=1S/C22H23FN4O2/c1-13-14(2)26-29-21(13)17-12-24-15(3)25-20(17)19-10-6-7-11-27(19)22(28)16-8-4-5-9-18(16)23/h4-5,8-9,12,19H,6-7,10-11H2,1-3H3. The Kier molecular flexibility index (Phi) is 5.13. The van der Waals surface area contributed by atoms with Gasteiger partial charge in [-0.05, 0) is 52.2 Å². The summed E-state index contributed by atoms with van der Waals surface area (Å²) < 4.78 is 19.9. The van der Waals surface area contributed by atoms with Crippen LogP contribution < -0.4 is 0 Å². The van der Waals surface area contributed by atoms with E-state index in [1.807, 2.05) is 20.8 Å². The maximum absolute atomic E-state index is 14.3. The zero-order chi connectivity index (χ0) is 20.5. The molecule has 2 aromatic heterocycles. The van der Waals surface area contributed by atoms with Crippen molar-refractivity contribution in [3.63, 3.8) is 0 Å². The van der Waals surface area contributed by atoms with Crippen molar-refractivity contribution in [2.24, 2.45) is 0 Å². The van der Waals surface area contributed by atoms with Crippen LogP contribution in [0.15, 0.2) is 35.0 Å². The third kappa shape index (κ3) is 3.52. The molecule has 150 valence electrons. The fourth-order valence-electron chi connectivity index (χ4n) is 3.83. The zero-order valence-corrected chi connectivity index (χ0v) is 16.8. The number of benzene rings is 1. The van der Waals surface area contributed by atoms with Crippen LogP contribution in [0.25, 0.3) is 11.3 Å². The molecule has 1 aliphatic rings. The molecule has 0 bridgehead atoms. The molecule has 1 amide bonds. The molecule has 1 aromatic carbocycles. The molecule has 0 saturated carbocycles. The number of halogens is 1. The lowest BCUT2D eigenvalue weighted by molar-refractivity contribution is 0.0601. The van der Waals surface area contributed by atoms with E-state index in [0.29, 0.717) is 18.1 Å². The number of piperidine rings is 1. The molecule has 6 nitrogen and oxygen atoms in total. The minimum absolute atomic E-state index is 0.0819. The lowest BCUT2D eigenvalue weighted by atomic mass is 9.94. The summed E-state index contributed by atoms with van der Waals surface area (Å²) in [6.07, 6.45) is 4.31. The predicted molar refractivity (Wildman–Crippen MR) is 106 cm³/mol. The second-order valence-electron chi connectivity index (χ2n) is 7.43. The minimum atomic E-state index is -0.511. The Morgan fingerprint density at radius 2 is 2.00 bits per heavy atom. The van der Waals surface area contributed by atoms with E-state index < -0.39 is 5.82 Å². The van der Waals surface area contributed by atoms with Gasteiger partial charge in [-0.3, -0.25) is 4.79 Å². The van der Waals surface area contributed by atoms with E-state index in [2.05, 4.69) is 15.1 Å². The van der Waals surface area contributed by atoms with Crippen molar-refractivity contribution in [3.8, 4) is 11.3 Å². The molecule has 0 spiro atoms. The SMILES string of the molecule is Cc1ncc(-c2onc(C)c2C)c(C2CCCCN2C(=O)c2ccccc2F)n1. The van der Waals surface area contributed by atoms with Gasteiger partial charge in [0.2, 0.25) is 0 Å². The smallest absolute Gasteiger partial charge is 0.257 e. The number of amides is 1. The van der Waals surface area contributed by atoms with E-state index in [4.69, 9.17) is 4.52 Å². The van der Waals surface area contributed by atoms with Gasteiger partial charge >= 0.3 is 0 Å². The van der Waals surface area contributed by atoms with Crippen molar-refractivity contribution < 1.29 is 13.7 Å². The summed E-state index contributed by atoms with van der Waals surface area (Å²) in [5.74, 6) is 0.394. The molecule has 0 aliphatic carbocycles. The van der Waals surface area contributed by atoms with Gasteiger partial charge in [0, 0.05) is 18.3 Å². The van der Waals surface area contributed by atoms with Crippen LogP contribution in [-0.4, -0.2) is 32.5 Å². The summed E-state index contributed by atoms with van der Waals surface area (Å²) in [4.78, 5) is 24.0. The van der Waals surface area contributed by atoms with Crippen molar-refractivity contribution >= 4 is 5.91 Å². The van der Waals surface area contributed by atoms with Crippen LogP contribution >= 0.6 is 0 Å². The Hall–Kier alpha value is -3.09. The Bertz CT molecular complexity index is 1060. The number of aryl methyl sites for hydroxylation is 2. The second kappa shape index (κ2) is 7.73. The highest BCUT2D eigenvalue weighted by Crippen LogP contribution is 2.38. The van der Waals surface area contributed by atoms with Gasteiger partial charge in [0.05, 0.1) is 28.6 Å². The van der Waals surface area contributed by atoms with Crippen LogP contribution in [0.5, 0.6) is 0 Å². The summed E-state index contributed by atoms with van der Waals surface area (Å²) in [5, 5.41) is 4.05. The molecule has 1 unspecified atom stereocenters. The largest absolute Gasteiger partial charge is 0.356 e. The van der Waals surface area contributed by atoms with Gasteiger partial charge in [0.15, 0.2) is 5.76 Å². The van der Waals surface area contributed by atoms with E-state index in [1.165, 1.54) is 12.1 Å². The number of carbonyl (C=O) groups is 1. The first-order valence-electron chi connectivity index (χ1n) is 9.79. The normalized spacial score (nSPS) is 16.8. The van der Waals surface area contributed by atoms with E-state index >= 15 is 0 Å². The minimum Gasteiger partial charge on any atom is -0.356 e. The van der Waals surface area contributed by atoms with Gasteiger partial charge in [0.25, 0.3) is 5.91 Å². The molecule has 4 rings (SSSR count). The van der Waals surface area contributed by atoms with Gasteiger partial charge < -0.3 is 9.42 Å². The molecule has 0 radical (unpaired) electrons. The van der Waals surface area contributed by atoms with Crippen LogP contribution in [-0.2, 0) is 0 Å². The molecule has 1 fully saturated rings. The molecule has 1 atom stereocenters. The van der Waals surface area contributed by atoms with Gasteiger partial charge in [-0.1, -0.05) is 17.3 Å². The van der Waals surface area contributed by atoms with E-state index in [0.717, 1.165) is 41.8 Å². The van der Waals surface area contributed by atoms with E-state index in [9.17, 15) is 9.18 Å². The summed E-state index contributed by atoms with van der Waals surface area (Å²) in [6.45, 7) is 6.19. The maximum Gasteiger partial charge on any atom is 0.257 e. The summed E-state index contributed by atoms with van der Waals surface area (Å²) in [6, 6.07) is 5.82. The first-order chi connectivity index (χ1) is 14.0. The van der Waals surface area contributed by atoms with Gasteiger partial charge in [-0.15, -0.1) is 0 Å². The lowest BCUT2D eigenvalue weighted by Crippen LogP contribution is -2.39. The molecular formula is C22H23FN4O2. The fraction of sp³-hybridized carbons (Fsp3) is 0.364. The third-order valence-corrected chi connectivity index (χ3v) is 5.52. The van der Waals surface area contributed by atoms with E-state index in [-0.39, 0.29) is 17.5 Å². The Balaban J connectivity index is 1.80. The average molecular weight is 394 g/mol. The first kappa shape index (κ1) is 19.2. The molecule has 1 aliphatic heterocycles. The predicted octanol–water partition coefficient (Wildman–Crippen LogP) is 4.56. The number of likely N-dealkylation sites (tertiary alicyclic amines) is 1. The highest BCUT2D eigenvalue weighted by Gasteiger charge is 2.33. The highest BCUT2D eigenvalue weighted by atomic mass is 19.1. The Morgan fingerprint density at radius 1 is 1.21 bits per heavy atom. The topological polar surface area (TPSA) is 72.1 Å². The van der Waals surface area contributed by atoms with Gasteiger partial charge in [0.1, 0.15) is 11.6 Å². The first-order valence-corrected chi connectivity index (χ1v) is 9.79. The molecule has 3 heterocycles. The highest BCUT2D eigenvalue weighted by molar-refractivity contribution is 5.95. The Morgan fingerprint density at radius 3 is 2.72 bits per heavy atom. The second-order valence-corrected chi connectivity index (χ2v) is 7.43. The molecule has 3 aromatic rings. The average Bonchev–Trinajstić information content (AvgIpc) is 3.06. The number of rotatable bonds is 3. The van der Waals surface area contributed by atoms with Crippen molar-refractivity contribution in [2.75, 3.05) is 6.54 Å². The summed E-state index contributed by atoms with van der Waals surface area (Å²) >= 11 is 0. The molecular weight excluding hydrogens is 371 g/mol. The quantitative estimate of drug-likeness (QED) is 0.651. The third-order valence-electron chi connectivity index (χ3n) is 5.52. The van der Waals surface area contributed by atoms with Crippen molar-refractivity contribution in [2.45, 2.75) is 46.1 Å². The number of hydrogen-bond acceptors (Lipinski definition) is 5. The van der Waals surface area contributed by atoms with Gasteiger partial charge in [-0.25, -0.2) is 14.4 Å². The van der Waals surface area contributed by atoms with Crippen LogP contribution in [0.2, 0.25) is 0 Å². The lowest BCUT2D eigenvalue weighted by Gasteiger charge is -2.36. The Labute approximate surface area is 168 Å². The molecule has 1 saturated heterocycles. The van der Waals surface area contributed by atoms with Crippen molar-refractivity contribution in [1.29, 1.82) is 0 Å². The summed E-state index contributed by atoms with van der Waals surface area (Å²) in [5.41, 5.74) is 3.25. The van der Waals surface area contributed by atoms with Crippen LogP contribution in [0, 0.1) is 26.6 Å². The van der Waals surface area contributed by atoms with Crippen molar-refractivity contribution in [1.82, 2.24) is 20.0 Å². The van der Waals surface area contributed by atoms with Crippen LogP contribution in [0.4, 0.5) is 4.39 Å². The fourth-order valence-corrected chi connectivity index (χ4v) is 3.83. The zero-order valence-electron chi connectivity index (χ0n) is 16.8. The number of aromatic nitrogens is 3. The monoisotopic (exact) mass is 394 g/mol. The number of hydrogen-bond donors (Lipinski definition) is 0. The molecule has 0 N–H and O–H groups in total. The van der Waals surface area contributed by atoms with Crippen molar-refractivity contribution in [3.05, 3.63) is 64.6 Å². The number of carbonyl (C=O) groups excluding carboxylic acids is 1. The maximum atomic E-state index is 14.3.